The van der Waals surface area contributed by atoms with Crippen LogP contribution >= 0.6 is 11.3 Å². The van der Waals surface area contributed by atoms with E-state index < -0.39 is 0 Å². The average Bonchev–Trinajstić information content (AvgIpc) is 3.52. The first-order valence-electron chi connectivity index (χ1n) is 12.1. The van der Waals surface area contributed by atoms with Crippen molar-refractivity contribution in [2.24, 2.45) is 0 Å². The van der Waals surface area contributed by atoms with Gasteiger partial charge in [0.1, 0.15) is 0 Å². The number of rotatable bonds is 1. The number of thiophene rings is 1. The SMILES string of the molecule is CCc1cccc2c1C1(c3ccccc3-2)c2ccccc2-c2c1ccc1c2sc2ccccc21. The van der Waals surface area contributed by atoms with Crippen LogP contribution in [0, 0.1) is 0 Å². The second kappa shape index (κ2) is 6.46. The lowest BCUT2D eigenvalue weighted by atomic mass is 9.69. The zero-order valence-electron chi connectivity index (χ0n) is 18.9. The van der Waals surface area contributed by atoms with Crippen LogP contribution in [-0.2, 0) is 11.8 Å². The molecule has 34 heavy (non-hydrogen) atoms. The van der Waals surface area contributed by atoms with Gasteiger partial charge < -0.3 is 0 Å². The molecule has 1 atom stereocenters. The molecule has 0 fully saturated rings. The van der Waals surface area contributed by atoms with Crippen molar-refractivity contribution >= 4 is 31.5 Å². The first kappa shape index (κ1) is 18.7. The van der Waals surface area contributed by atoms with Crippen LogP contribution in [0.5, 0.6) is 0 Å². The van der Waals surface area contributed by atoms with Gasteiger partial charge in [-0.1, -0.05) is 104 Å². The molecular weight excluding hydrogens is 428 g/mol. The summed E-state index contributed by atoms with van der Waals surface area (Å²) in [7, 11) is 0. The van der Waals surface area contributed by atoms with Crippen LogP contribution < -0.4 is 0 Å². The summed E-state index contributed by atoms with van der Waals surface area (Å²) in [6.45, 7) is 2.29. The predicted molar refractivity (Wildman–Crippen MR) is 145 cm³/mol. The predicted octanol–water partition coefficient (Wildman–Crippen LogP) is 8.96. The van der Waals surface area contributed by atoms with Gasteiger partial charge in [-0.2, -0.15) is 0 Å². The van der Waals surface area contributed by atoms with E-state index >= 15 is 0 Å². The smallest absolute Gasteiger partial charge is 0.0728 e. The highest BCUT2D eigenvalue weighted by molar-refractivity contribution is 7.26. The molecule has 0 bridgehead atoms. The second-order valence-corrected chi connectivity index (χ2v) is 10.5. The van der Waals surface area contributed by atoms with Gasteiger partial charge in [-0.05, 0) is 57.0 Å². The molecule has 160 valence electrons. The molecule has 0 N–H and O–H groups in total. The average molecular weight is 451 g/mol. The monoisotopic (exact) mass is 450 g/mol. The van der Waals surface area contributed by atoms with Gasteiger partial charge in [0, 0.05) is 25.7 Å². The molecule has 6 aromatic rings. The number of hydrogen-bond donors (Lipinski definition) is 0. The normalized spacial score (nSPS) is 17.2. The number of aryl methyl sites for hydroxylation is 1. The Morgan fingerprint density at radius 2 is 1.29 bits per heavy atom. The van der Waals surface area contributed by atoms with E-state index in [0.717, 1.165) is 6.42 Å². The Hall–Kier alpha value is -3.68. The number of hydrogen-bond acceptors (Lipinski definition) is 1. The van der Waals surface area contributed by atoms with E-state index in [1.807, 2.05) is 11.3 Å². The van der Waals surface area contributed by atoms with Gasteiger partial charge in [-0.15, -0.1) is 11.3 Å². The van der Waals surface area contributed by atoms with E-state index in [4.69, 9.17) is 0 Å². The molecule has 1 heteroatoms. The number of fused-ring (bicyclic) bond motifs is 14. The quantitative estimate of drug-likeness (QED) is 0.234. The van der Waals surface area contributed by atoms with Gasteiger partial charge in [0.2, 0.25) is 0 Å². The fourth-order valence-corrected chi connectivity index (χ4v) is 8.11. The van der Waals surface area contributed by atoms with Gasteiger partial charge in [0.25, 0.3) is 0 Å². The number of benzene rings is 5. The molecule has 0 saturated heterocycles. The van der Waals surface area contributed by atoms with E-state index in [0.29, 0.717) is 0 Å². The lowest BCUT2D eigenvalue weighted by Gasteiger charge is -2.32. The minimum absolute atomic E-state index is 0.255. The zero-order chi connectivity index (χ0) is 22.4. The van der Waals surface area contributed by atoms with Crippen LogP contribution in [-0.4, -0.2) is 0 Å². The second-order valence-electron chi connectivity index (χ2n) is 9.50. The van der Waals surface area contributed by atoms with Crippen molar-refractivity contribution in [1.29, 1.82) is 0 Å². The van der Waals surface area contributed by atoms with E-state index in [2.05, 4.69) is 110 Å². The minimum atomic E-state index is -0.255. The van der Waals surface area contributed by atoms with E-state index in [9.17, 15) is 0 Å². The van der Waals surface area contributed by atoms with Crippen LogP contribution in [0.2, 0.25) is 0 Å². The highest BCUT2D eigenvalue weighted by Crippen LogP contribution is 2.65. The van der Waals surface area contributed by atoms with Crippen molar-refractivity contribution in [3.63, 3.8) is 0 Å². The Bertz CT molecular complexity index is 1800. The maximum atomic E-state index is 2.44. The van der Waals surface area contributed by atoms with Crippen LogP contribution in [0.1, 0.15) is 34.7 Å². The summed E-state index contributed by atoms with van der Waals surface area (Å²) in [5.74, 6) is 0. The van der Waals surface area contributed by atoms with Crippen molar-refractivity contribution in [1.82, 2.24) is 0 Å². The summed E-state index contributed by atoms with van der Waals surface area (Å²) >= 11 is 1.95. The van der Waals surface area contributed by atoms with Gasteiger partial charge in [-0.25, -0.2) is 0 Å². The third-order valence-electron chi connectivity index (χ3n) is 8.08. The van der Waals surface area contributed by atoms with Gasteiger partial charge in [0.15, 0.2) is 0 Å². The molecule has 1 spiro atoms. The zero-order valence-corrected chi connectivity index (χ0v) is 19.7. The van der Waals surface area contributed by atoms with Gasteiger partial charge in [-0.3, -0.25) is 0 Å². The molecule has 0 amide bonds. The molecule has 8 rings (SSSR count). The largest absolute Gasteiger partial charge is 0.135 e. The Morgan fingerprint density at radius 1 is 0.588 bits per heavy atom. The summed E-state index contributed by atoms with van der Waals surface area (Å²) < 4.78 is 2.79. The Balaban J connectivity index is 1.63. The Morgan fingerprint density at radius 3 is 2.15 bits per heavy atom. The topological polar surface area (TPSA) is 0 Å². The summed E-state index contributed by atoms with van der Waals surface area (Å²) in [6.07, 6.45) is 1.03. The third-order valence-corrected chi connectivity index (χ3v) is 9.28. The molecule has 5 aromatic carbocycles. The molecule has 2 aliphatic carbocycles. The summed E-state index contributed by atoms with van der Waals surface area (Å²) in [5.41, 5.74) is 12.6. The molecular formula is C33H22S. The standard InChI is InChI=1S/C33H22S/c1-2-20-10-9-14-23-21-11-3-6-15-26(21)33(31(20)23)27-16-7-4-13-25(27)30-28(33)19-18-24-22-12-5-8-17-29(22)34-32(24)30/h3-19H,2H2,1H3. The highest BCUT2D eigenvalue weighted by Gasteiger charge is 2.52. The molecule has 0 radical (unpaired) electrons. The molecule has 1 unspecified atom stereocenters. The molecule has 1 heterocycles. The summed E-state index contributed by atoms with van der Waals surface area (Å²) in [6, 6.07) is 38.9. The molecule has 1 aromatic heterocycles. The van der Waals surface area contributed by atoms with Crippen molar-refractivity contribution < 1.29 is 0 Å². The summed E-state index contributed by atoms with van der Waals surface area (Å²) in [5, 5.41) is 2.74. The molecule has 0 nitrogen and oxygen atoms in total. The van der Waals surface area contributed by atoms with E-state index in [1.54, 1.807) is 0 Å². The molecule has 0 saturated carbocycles. The van der Waals surface area contributed by atoms with Crippen molar-refractivity contribution in [3.05, 3.63) is 131 Å². The highest BCUT2D eigenvalue weighted by atomic mass is 32.1. The lowest BCUT2D eigenvalue weighted by molar-refractivity contribution is 0.779. The fraction of sp³-hybridized carbons (Fsp3) is 0.0909. The van der Waals surface area contributed by atoms with Crippen molar-refractivity contribution in [2.45, 2.75) is 18.8 Å². The third kappa shape index (κ3) is 2.02. The Labute approximate surface area is 203 Å². The lowest BCUT2D eigenvalue weighted by Crippen LogP contribution is -2.27. The van der Waals surface area contributed by atoms with Gasteiger partial charge >= 0.3 is 0 Å². The van der Waals surface area contributed by atoms with Crippen LogP contribution in [0.25, 0.3) is 42.4 Å². The van der Waals surface area contributed by atoms with Crippen LogP contribution in [0.15, 0.2) is 103 Å². The maximum absolute atomic E-state index is 2.44. The minimum Gasteiger partial charge on any atom is -0.135 e. The van der Waals surface area contributed by atoms with Gasteiger partial charge in [0.05, 0.1) is 5.41 Å². The van der Waals surface area contributed by atoms with E-state index in [1.165, 1.54) is 70.2 Å². The van der Waals surface area contributed by atoms with Crippen LogP contribution in [0.3, 0.4) is 0 Å². The first-order chi connectivity index (χ1) is 16.8. The molecule has 0 aliphatic heterocycles. The van der Waals surface area contributed by atoms with Crippen LogP contribution in [0.4, 0.5) is 0 Å². The van der Waals surface area contributed by atoms with E-state index in [-0.39, 0.29) is 5.41 Å². The van der Waals surface area contributed by atoms with Crippen molar-refractivity contribution in [3.8, 4) is 22.3 Å². The fourth-order valence-electron chi connectivity index (χ4n) is 6.84. The summed E-state index contributed by atoms with van der Waals surface area (Å²) in [4.78, 5) is 0. The van der Waals surface area contributed by atoms with Crippen molar-refractivity contribution in [2.75, 3.05) is 0 Å². The first-order valence-corrected chi connectivity index (χ1v) is 12.9. The molecule has 2 aliphatic rings. The Kier molecular flexibility index (Phi) is 3.56. The maximum Gasteiger partial charge on any atom is 0.0728 e.